The minimum atomic E-state index is -0.424. The molecular weight excluding hydrogens is 254 g/mol. The Morgan fingerprint density at radius 2 is 1.95 bits per heavy atom. The molecule has 0 spiro atoms. The van der Waals surface area contributed by atoms with E-state index in [0.29, 0.717) is 13.0 Å². The molecule has 1 aliphatic rings. The standard InChI is InChI=1S/C16H21NO3/c1-12(13-8-4-3-5-9-13)15(18)17-11-7-6-10-14(17)16(19)20-2/h3-5,8-9,12,14H,6-7,10-11H2,1-2H3/t12?,14-/m1/s1. The van der Waals surface area contributed by atoms with Crippen LogP contribution in [0, 0.1) is 0 Å². The van der Waals surface area contributed by atoms with E-state index in [1.165, 1.54) is 7.11 Å². The summed E-state index contributed by atoms with van der Waals surface area (Å²) in [5.41, 5.74) is 0.978. The number of amides is 1. The third-order valence-corrected chi connectivity index (χ3v) is 3.93. The Hall–Kier alpha value is -1.84. The molecule has 0 aromatic heterocycles. The fourth-order valence-corrected chi connectivity index (χ4v) is 2.71. The molecule has 1 aromatic carbocycles. The van der Waals surface area contributed by atoms with Crippen molar-refractivity contribution >= 4 is 11.9 Å². The van der Waals surface area contributed by atoms with Crippen LogP contribution in [-0.4, -0.2) is 36.5 Å². The summed E-state index contributed by atoms with van der Waals surface area (Å²) in [4.78, 5) is 26.2. The lowest BCUT2D eigenvalue weighted by molar-refractivity contribution is -0.155. The Kier molecular flexibility index (Phi) is 4.77. The first-order chi connectivity index (χ1) is 9.65. The van der Waals surface area contributed by atoms with E-state index in [-0.39, 0.29) is 17.8 Å². The second kappa shape index (κ2) is 6.55. The summed E-state index contributed by atoms with van der Waals surface area (Å²) in [7, 11) is 1.38. The molecule has 0 N–H and O–H groups in total. The highest BCUT2D eigenvalue weighted by Gasteiger charge is 2.34. The molecule has 1 aromatic rings. The third-order valence-electron chi connectivity index (χ3n) is 3.93. The zero-order chi connectivity index (χ0) is 14.5. The topological polar surface area (TPSA) is 46.6 Å². The molecule has 0 aliphatic carbocycles. The molecule has 1 unspecified atom stereocenters. The zero-order valence-corrected chi connectivity index (χ0v) is 12.0. The number of ether oxygens (including phenoxy) is 1. The van der Waals surface area contributed by atoms with Crippen LogP contribution in [-0.2, 0) is 14.3 Å². The zero-order valence-electron chi connectivity index (χ0n) is 12.0. The first-order valence-corrected chi connectivity index (χ1v) is 7.08. The van der Waals surface area contributed by atoms with Crippen LogP contribution in [0.25, 0.3) is 0 Å². The van der Waals surface area contributed by atoms with E-state index in [1.54, 1.807) is 4.90 Å². The van der Waals surface area contributed by atoms with Gasteiger partial charge in [-0.3, -0.25) is 4.79 Å². The van der Waals surface area contributed by atoms with Crippen LogP contribution in [0.15, 0.2) is 30.3 Å². The van der Waals surface area contributed by atoms with Crippen molar-refractivity contribution in [3.63, 3.8) is 0 Å². The van der Waals surface area contributed by atoms with Gasteiger partial charge in [0.25, 0.3) is 0 Å². The van der Waals surface area contributed by atoms with E-state index >= 15 is 0 Å². The number of carbonyl (C=O) groups is 2. The molecule has 1 saturated heterocycles. The maximum Gasteiger partial charge on any atom is 0.328 e. The highest BCUT2D eigenvalue weighted by atomic mass is 16.5. The molecule has 20 heavy (non-hydrogen) atoms. The third kappa shape index (κ3) is 3.00. The van der Waals surface area contributed by atoms with Gasteiger partial charge in [0.05, 0.1) is 13.0 Å². The number of nitrogens with zero attached hydrogens (tertiary/aromatic N) is 1. The monoisotopic (exact) mass is 275 g/mol. The number of carbonyl (C=O) groups excluding carboxylic acids is 2. The van der Waals surface area contributed by atoms with Crippen molar-refractivity contribution < 1.29 is 14.3 Å². The minimum Gasteiger partial charge on any atom is -0.467 e. The number of esters is 1. The lowest BCUT2D eigenvalue weighted by atomic mass is 9.95. The van der Waals surface area contributed by atoms with E-state index in [4.69, 9.17) is 4.74 Å². The van der Waals surface area contributed by atoms with Crippen LogP contribution in [0.4, 0.5) is 0 Å². The van der Waals surface area contributed by atoms with Gasteiger partial charge in [0.1, 0.15) is 6.04 Å². The van der Waals surface area contributed by atoms with Gasteiger partial charge in [-0.1, -0.05) is 30.3 Å². The molecular formula is C16H21NO3. The number of hydrogen-bond donors (Lipinski definition) is 0. The van der Waals surface area contributed by atoms with Gasteiger partial charge in [-0.2, -0.15) is 0 Å². The van der Waals surface area contributed by atoms with Crippen molar-refractivity contribution in [2.45, 2.75) is 38.1 Å². The van der Waals surface area contributed by atoms with Crippen molar-refractivity contribution in [2.75, 3.05) is 13.7 Å². The Bertz CT molecular complexity index is 472. The summed E-state index contributed by atoms with van der Waals surface area (Å²) in [6.45, 7) is 2.52. The van der Waals surface area contributed by atoms with E-state index in [0.717, 1.165) is 18.4 Å². The average Bonchev–Trinajstić information content (AvgIpc) is 2.53. The van der Waals surface area contributed by atoms with Crippen LogP contribution in [0.1, 0.15) is 37.7 Å². The van der Waals surface area contributed by atoms with Gasteiger partial charge in [0, 0.05) is 6.54 Å². The SMILES string of the molecule is COC(=O)[C@H]1CCCCN1C(=O)C(C)c1ccccc1. The molecule has 0 radical (unpaired) electrons. The Balaban J connectivity index is 2.15. The summed E-state index contributed by atoms with van der Waals surface area (Å²) < 4.78 is 4.82. The average molecular weight is 275 g/mol. The summed E-state index contributed by atoms with van der Waals surface area (Å²) in [6.07, 6.45) is 2.60. The second-order valence-electron chi connectivity index (χ2n) is 5.20. The predicted molar refractivity (Wildman–Crippen MR) is 76.2 cm³/mol. The number of rotatable bonds is 3. The van der Waals surface area contributed by atoms with Crippen molar-refractivity contribution in [1.82, 2.24) is 4.90 Å². The van der Waals surface area contributed by atoms with Crippen LogP contribution in [0.2, 0.25) is 0 Å². The Labute approximate surface area is 119 Å². The molecule has 1 amide bonds. The normalized spacial score (nSPS) is 20.3. The highest BCUT2D eigenvalue weighted by Crippen LogP contribution is 2.24. The molecule has 4 heteroatoms. The molecule has 2 atom stereocenters. The number of piperidine rings is 1. The molecule has 4 nitrogen and oxygen atoms in total. The quantitative estimate of drug-likeness (QED) is 0.795. The first kappa shape index (κ1) is 14.6. The molecule has 0 saturated carbocycles. The van der Waals surface area contributed by atoms with Crippen LogP contribution in [0.3, 0.4) is 0 Å². The van der Waals surface area contributed by atoms with Gasteiger partial charge >= 0.3 is 5.97 Å². The van der Waals surface area contributed by atoms with Crippen molar-refractivity contribution in [3.05, 3.63) is 35.9 Å². The predicted octanol–water partition coefficient (Wildman–Crippen LogP) is 2.34. The minimum absolute atomic E-state index is 0.00583. The Morgan fingerprint density at radius 1 is 1.25 bits per heavy atom. The van der Waals surface area contributed by atoms with E-state index in [1.807, 2.05) is 37.3 Å². The molecule has 1 fully saturated rings. The van der Waals surface area contributed by atoms with Crippen LogP contribution < -0.4 is 0 Å². The van der Waals surface area contributed by atoms with Crippen LogP contribution >= 0.6 is 0 Å². The number of benzene rings is 1. The lowest BCUT2D eigenvalue weighted by Gasteiger charge is -2.35. The fourth-order valence-electron chi connectivity index (χ4n) is 2.71. The fraction of sp³-hybridized carbons (Fsp3) is 0.500. The van der Waals surface area contributed by atoms with Gasteiger partial charge in [-0.05, 0) is 31.7 Å². The largest absolute Gasteiger partial charge is 0.467 e. The smallest absolute Gasteiger partial charge is 0.328 e. The van der Waals surface area contributed by atoms with Crippen LogP contribution in [0.5, 0.6) is 0 Å². The summed E-state index contributed by atoms with van der Waals surface area (Å²) >= 11 is 0. The second-order valence-corrected chi connectivity index (χ2v) is 5.20. The van der Waals surface area contributed by atoms with Gasteiger partial charge in [0.2, 0.25) is 5.91 Å². The molecule has 0 bridgehead atoms. The van der Waals surface area contributed by atoms with E-state index in [2.05, 4.69) is 0 Å². The van der Waals surface area contributed by atoms with E-state index in [9.17, 15) is 9.59 Å². The van der Waals surface area contributed by atoms with Gasteiger partial charge in [-0.15, -0.1) is 0 Å². The number of hydrogen-bond acceptors (Lipinski definition) is 3. The molecule has 2 rings (SSSR count). The van der Waals surface area contributed by atoms with Gasteiger partial charge in [0.15, 0.2) is 0 Å². The summed E-state index contributed by atoms with van der Waals surface area (Å²) in [5.74, 6) is -0.536. The number of likely N-dealkylation sites (tertiary alicyclic amines) is 1. The van der Waals surface area contributed by atoms with Crippen molar-refractivity contribution in [1.29, 1.82) is 0 Å². The van der Waals surface area contributed by atoms with Gasteiger partial charge < -0.3 is 9.64 Å². The maximum absolute atomic E-state index is 12.6. The Morgan fingerprint density at radius 3 is 2.60 bits per heavy atom. The molecule has 1 aliphatic heterocycles. The summed E-state index contributed by atoms with van der Waals surface area (Å²) in [6, 6.07) is 9.24. The molecule has 1 heterocycles. The summed E-state index contributed by atoms with van der Waals surface area (Å²) in [5, 5.41) is 0. The van der Waals surface area contributed by atoms with E-state index < -0.39 is 6.04 Å². The first-order valence-electron chi connectivity index (χ1n) is 7.08. The number of methoxy groups -OCH3 is 1. The molecule has 108 valence electrons. The van der Waals surface area contributed by atoms with Gasteiger partial charge in [-0.25, -0.2) is 4.79 Å². The lowest BCUT2D eigenvalue weighted by Crippen LogP contribution is -2.49. The maximum atomic E-state index is 12.6. The highest BCUT2D eigenvalue weighted by molar-refractivity contribution is 5.88. The van der Waals surface area contributed by atoms with Crippen molar-refractivity contribution in [2.24, 2.45) is 0 Å². The van der Waals surface area contributed by atoms with Crippen molar-refractivity contribution in [3.8, 4) is 0 Å².